The fourth-order valence-corrected chi connectivity index (χ4v) is 1.45. The molecule has 0 spiro atoms. The van der Waals surface area contributed by atoms with E-state index in [0.717, 1.165) is 12.3 Å². The van der Waals surface area contributed by atoms with Gasteiger partial charge in [0.2, 0.25) is 0 Å². The molecule has 0 aliphatic rings. The number of thiol groups is 1. The van der Waals surface area contributed by atoms with Crippen molar-refractivity contribution in [2.24, 2.45) is 0 Å². The van der Waals surface area contributed by atoms with E-state index in [2.05, 4.69) is 17.6 Å². The first-order valence-corrected chi connectivity index (χ1v) is 5.28. The van der Waals surface area contributed by atoms with E-state index in [4.69, 9.17) is 11.6 Å². The molecule has 0 aliphatic carbocycles. The molecule has 1 heterocycles. The van der Waals surface area contributed by atoms with Gasteiger partial charge in [0.1, 0.15) is 5.15 Å². The average molecular weight is 256 g/mol. The molecular formula is C9H9ClF3NS. The zero-order valence-electron chi connectivity index (χ0n) is 7.68. The molecule has 1 aromatic heterocycles. The van der Waals surface area contributed by atoms with Gasteiger partial charge in [-0.1, -0.05) is 11.6 Å². The van der Waals surface area contributed by atoms with E-state index < -0.39 is 11.7 Å². The number of nitrogens with zero attached hydrogens (tertiary/aromatic N) is 1. The third-order valence-corrected chi connectivity index (χ3v) is 2.50. The maximum Gasteiger partial charge on any atom is 0.417 e. The lowest BCUT2D eigenvalue weighted by Gasteiger charge is -2.09. The zero-order chi connectivity index (χ0) is 11.5. The third-order valence-electron chi connectivity index (χ3n) is 1.84. The highest BCUT2D eigenvalue weighted by molar-refractivity contribution is 7.80. The van der Waals surface area contributed by atoms with Gasteiger partial charge >= 0.3 is 6.18 Å². The van der Waals surface area contributed by atoms with Crippen molar-refractivity contribution in [2.45, 2.75) is 19.0 Å². The number of aryl methyl sites for hydroxylation is 1. The van der Waals surface area contributed by atoms with Gasteiger partial charge in [-0.25, -0.2) is 4.98 Å². The summed E-state index contributed by atoms with van der Waals surface area (Å²) >= 11 is 9.66. The lowest BCUT2D eigenvalue weighted by molar-refractivity contribution is -0.137. The lowest BCUT2D eigenvalue weighted by Crippen LogP contribution is -2.07. The fraction of sp³-hybridized carbons (Fsp3) is 0.444. The maximum absolute atomic E-state index is 12.3. The van der Waals surface area contributed by atoms with Crippen LogP contribution in [0.25, 0.3) is 0 Å². The second-order valence-electron chi connectivity index (χ2n) is 3.00. The monoisotopic (exact) mass is 255 g/mol. The van der Waals surface area contributed by atoms with Crippen molar-refractivity contribution < 1.29 is 13.2 Å². The molecule has 0 radical (unpaired) electrons. The number of alkyl halides is 3. The van der Waals surface area contributed by atoms with Gasteiger partial charge in [-0.05, 0) is 30.2 Å². The summed E-state index contributed by atoms with van der Waals surface area (Å²) in [6.45, 7) is 0. The quantitative estimate of drug-likeness (QED) is 0.643. The molecule has 0 aliphatic heterocycles. The first-order chi connectivity index (χ1) is 6.95. The predicted molar refractivity (Wildman–Crippen MR) is 56.4 cm³/mol. The van der Waals surface area contributed by atoms with Gasteiger partial charge in [-0.3, -0.25) is 0 Å². The summed E-state index contributed by atoms with van der Waals surface area (Å²) in [5.74, 6) is 0.604. The maximum atomic E-state index is 12.3. The van der Waals surface area contributed by atoms with E-state index >= 15 is 0 Å². The average Bonchev–Trinajstić information content (AvgIpc) is 2.15. The lowest BCUT2D eigenvalue weighted by atomic mass is 10.1. The van der Waals surface area contributed by atoms with Crippen LogP contribution in [0.4, 0.5) is 13.2 Å². The minimum Gasteiger partial charge on any atom is -0.244 e. The highest BCUT2D eigenvalue weighted by atomic mass is 35.5. The van der Waals surface area contributed by atoms with Crippen LogP contribution in [0.15, 0.2) is 12.3 Å². The van der Waals surface area contributed by atoms with Gasteiger partial charge in [0.15, 0.2) is 0 Å². The summed E-state index contributed by atoms with van der Waals surface area (Å²) < 4.78 is 37.0. The largest absolute Gasteiger partial charge is 0.417 e. The Balaban J connectivity index is 2.95. The molecule has 1 rings (SSSR count). The Bertz CT molecular complexity index is 341. The van der Waals surface area contributed by atoms with Gasteiger partial charge < -0.3 is 0 Å². The Morgan fingerprint density at radius 1 is 1.40 bits per heavy atom. The van der Waals surface area contributed by atoms with Crippen molar-refractivity contribution in [3.63, 3.8) is 0 Å². The summed E-state index contributed by atoms with van der Waals surface area (Å²) in [4.78, 5) is 3.52. The molecule has 15 heavy (non-hydrogen) atoms. The molecule has 0 bridgehead atoms. The summed E-state index contributed by atoms with van der Waals surface area (Å²) in [6, 6.07) is 1.04. The van der Waals surface area contributed by atoms with Crippen molar-refractivity contribution in [2.75, 3.05) is 5.75 Å². The Morgan fingerprint density at radius 2 is 2.07 bits per heavy atom. The number of halogens is 4. The highest BCUT2D eigenvalue weighted by Crippen LogP contribution is 2.30. The molecule has 0 saturated heterocycles. The number of hydrogen-bond acceptors (Lipinski definition) is 2. The highest BCUT2D eigenvalue weighted by Gasteiger charge is 2.31. The number of aromatic nitrogens is 1. The van der Waals surface area contributed by atoms with Crippen molar-refractivity contribution in [1.82, 2.24) is 4.98 Å². The van der Waals surface area contributed by atoms with Gasteiger partial charge in [0, 0.05) is 6.20 Å². The van der Waals surface area contributed by atoms with E-state index in [1.54, 1.807) is 0 Å². The SMILES string of the molecule is FC(F)(F)c1cnc(Cl)c(CCCS)c1. The summed E-state index contributed by atoms with van der Waals surface area (Å²) in [5.41, 5.74) is -0.346. The standard InChI is InChI=1S/C9H9ClF3NS/c10-8-6(2-1-3-15)4-7(5-14-8)9(11,12)13/h4-5,15H,1-3H2. The van der Waals surface area contributed by atoms with Crippen LogP contribution in [0.2, 0.25) is 5.15 Å². The minimum absolute atomic E-state index is 0.129. The van der Waals surface area contributed by atoms with E-state index in [-0.39, 0.29) is 5.15 Å². The van der Waals surface area contributed by atoms with Gasteiger partial charge in [0.25, 0.3) is 0 Å². The van der Waals surface area contributed by atoms with Crippen LogP contribution in [0.1, 0.15) is 17.5 Å². The number of rotatable bonds is 3. The Kier molecular flexibility index (Phi) is 4.28. The van der Waals surface area contributed by atoms with Crippen molar-refractivity contribution in [3.8, 4) is 0 Å². The van der Waals surface area contributed by atoms with Crippen LogP contribution in [0, 0.1) is 0 Å². The predicted octanol–water partition coefficient (Wildman–Crippen LogP) is 3.62. The van der Waals surface area contributed by atoms with E-state index in [1.807, 2.05) is 0 Å². The van der Waals surface area contributed by atoms with Crippen LogP contribution >= 0.6 is 24.2 Å². The molecule has 6 heteroatoms. The van der Waals surface area contributed by atoms with Crippen LogP contribution in [-0.4, -0.2) is 10.7 Å². The number of hydrogen-bond donors (Lipinski definition) is 1. The van der Waals surface area contributed by atoms with Crippen LogP contribution < -0.4 is 0 Å². The summed E-state index contributed by atoms with van der Waals surface area (Å²) in [5, 5.41) is 0.129. The number of pyridine rings is 1. The van der Waals surface area contributed by atoms with Crippen molar-refractivity contribution in [3.05, 3.63) is 28.5 Å². The zero-order valence-corrected chi connectivity index (χ0v) is 9.33. The topological polar surface area (TPSA) is 12.9 Å². The van der Waals surface area contributed by atoms with Crippen molar-refractivity contribution >= 4 is 24.2 Å². The molecule has 0 atom stereocenters. The molecule has 0 N–H and O–H groups in total. The molecule has 0 aromatic carbocycles. The Morgan fingerprint density at radius 3 is 2.60 bits per heavy atom. The first kappa shape index (κ1) is 12.6. The fourth-order valence-electron chi connectivity index (χ4n) is 1.09. The Labute approximate surface area is 96.1 Å². The Hall–Kier alpha value is -0.420. The smallest absolute Gasteiger partial charge is 0.244 e. The molecule has 1 aromatic rings. The third kappa shape index (κ3) is 3.57. The molecule has 1 nitrogen and oxygen atoms in total. The van der Waals surface area contributed by atoms with Crippen LogP contribution in [0.3, 0.4) is 0 Å². The molecule has 0 fully saturated rings. The minimum atomic E-state index is -4.37. The first-order valence-electron chi connectivity index (χ1n) is 4.27. The van der Waals surface area contributed by atoms with Gasteiger partial charge in [-0.2, -0.15) is 25.8 Å². The normalized spacial score (nSPS) is 11.8. The van der Waals surface area contributed by atoms with E-state index in [0.29, 0.717) is 24.2 Å². The molecule has 84 valence electrons. The second kappa shape index (κ2) is 5.07. The van der Waals surface area contributed by atoms with Crippen LogP contribution in [0.5, 0.6) is 0 Å². The van der Waals surface area contributed by atoms with E-state index in [1.165, 1.54) is 0 Å². The molecule has 0 amide bonds. The summed E-state index contributed by atoms with van der Waals surface area (Å²) in [6.07, 6.45) is -2.50. The molecule has 0 saturated carbocycles. The van der Waals surface area contributed by atoms with Crippen LogP contribution in [-0.2, 0) is 12.6 Å². The second-order valence-corrected chi connectivity index (χ2v) is 3.80. The van der Waals surface area contributed by atoms with Gasteiger partial charge in [0.05, 0.1) is 5.56 Å². The summed E-state index contributed by atoms with van der Waals surface area (Å²) in [7, 11) is 0. The van der Waals surface area contributed by atoms with Gasteiger partial charge in [-0.15, -0.1) is 0 Å². The molecule has 0 unspecified atom stereocenters. The van der Waals surface area contributed by atoms with Crippen molar-refractivity contribution in [1.29, 1.82) is 0 Å². The van der Waals surface area contributed by atoms with E-state index in [9.17, 15) is 13.2 Å². The molecular weight excluding hydrogens is 247 g/mol.